The van der Waals surface area contributed by atoms with Gasteiger partial charge in [-0.15, -0.1) is 11.3 Å². The summed E-state index contributed by atoms with van der Waals surface area (Å²) in [5.74, 6) is 1.75. The Hall–Kier alpha value is -2.53. The van der Waals surface area contributed by atoms with Crippen LogP contribution in [-0.4, -0.2) is 22.8 Å². The van der Waals surface area contributed by atoms with Crippen LogP contribution < -0.4 is 4.90 Å². The topological polar surface area (TPSA) is 46.1 Å². The number of hydrogen-bond donors (Lipinski definition) is 0. The average Bonchev–Trinajstić information content (AvgIpc) is 3.04. The van der Waals surface area contributed by atoms with Crippen molar-refractivity contribution in [2.75, 3.05) is 11.9 Å². The number of rotatable bonds is 4. The molecule has 0 N–H and O–H groups in total. The predicted molar refractivity (Wildman–Crippen MR) is 94.6 cm³/mol. The SMILES string of the molecule is CC(=O)c1ccc(-c2cccc(N(C)c3cc(C)ccn3)n2)s1. The van der Waals surface area contributed by atoms with E-state index < -0.39 is 0 Å². The molecule has 0 aliphatic heterocycles. The Labute approximate surface area is 139 Å². The van der Waals surface area contributed by atoms with E-state index in [4.69, 9.17) is 4.98 Å². The zero-order valence-corrected chi connectivity index (χ0v) is 14.1. The van der Waals surface area contributed by atoms with Gasteiger partial charge in [0.1, 0.15) is 11.6 Å². The van der Waals surface area contributed by atoms with E-state index in [9.17, 15) is 4.79 Å². The van der Waals surface area contributed by atoms with Crippen molar-refractivity contribution in [2.45, 2.75) is 13.8 Å². The van der Waals surface area contributed by atoms with Crippen molar-refractivity contribution in [3.05, 3.63) is 59.1 Å². The van der Waals surface area contributed by atoms with Crippen LogP contribution in [0.3, 0.4) is 0 Å². The number of aromatic nitrogens is 2. The molecule has 0 amide bonds. The van der Waals surface area contributed by atoms with Crippen LogP contribution in [0.25, 0.3) is 10.6 Å². The average molecular weight is 323 g/mol. The zero-order chi connectivity index (χ0) is 16.4. The molecule has 4 nitrogen and oxygen atoms in total. The molecule has 0 saturated carbocycles. The second kappa shape index (κ2) is 6.30. The minimum atomic E-state index is 0.0819. The molecule has 3 rings (SSSR count). The Kier molecular flexibility index (Phi) is 4.21. The third-order valence-electron chi connectivity index (χ3n) is 3.53. The van der Waals surface area contributed by atoms with Crippen molar-refractivity contribution >= 4 is 28.8 Å². The summed E-state index contributed by atoms with van der Waals surface area (Å²) in [6, 6.07) is 13.7. The first-order chi connectivity index (χ1) is 11.0. The maximum atomic E-state index is 11.5. The third kappa shape index (κ3) is 3.29. The first kappa shape index (κ1) is 15.4. The van der Waals surface area contributed by atoms with Crippen molar-refractivity contribution in [2.24, 2.45) is 0 Å². The molecule has 3 heterocycles. The Balaban J connectivity index is 1.94. The number of ketones is 1. The summed E-state index contributed by atoms with van der Waals surface area (Å²) < 4.78 is 0. The van der Waals surface area contributed by atoms with Gasteiger partial charge in [0.15, 0.2) is 5.78 Å². The number of carbonyl (C=O) groups excluding carboxylic acids is 1. The van der Waals surface area contributed by atoms with Crippen molar-refractivity contribution in [1.82, 2.24) is 9.97 Å². The van der Waals surface area contributed by atoms with E-state index >= 15 is 0 Å². The molecular weight excluding hydrogens is 306 g/mol. The normalized spacial score (nSPS) is 10.6. The highest BCUT2D eigenvalue weighted by Gasteiger charge is 2.11. The van der Waals surface area contributed by atoms with Gasteiger partial charge in [-0.1, -0.05) is 6.07 Å². The molecule has 0 aliphatic rings. The van der Waals surface area contributed by atoms with E-state index in [1.807, 2.05) is 61.3 Å². The fourth-order valence-electron chi connectivity index (χ4n) is 2.23. The second-order valence-electron chi connectivity index (χ2n) is 5.35. The highest BCUT2D eigenvalue weighted by atomic mass is 32.1. The maximum Gasteiger partial charge on any atom is 0.169 e. The Morgan fingerprint density at radius 3 is 2.65 bits per heavy atom. The minimum absolute atomic E-state index is 0.0819. The van der Waals surface area contributed by atoms with Gasteiger partial charge in [-0.25, -0.2) is 9.97 Å². The summed E-state index contributed by atoms with van der Waals surface area (Å²) in [4.78, 5) is 24.2. The molecule has 0 bridgehead atoms. The molecule has 0 aromatic carbocycles. The molecule has 0 unspecified atom stereocenters. The molecule has 0 aliphatic carbocycles. The van der Waals surface area contributed by atoms with Crippen molar-refractivity contribution < 1.29 is 4.79 Å². The van der Waals surface area contributed by atoms with Crippen molar-refractivity contribution in [3.8, 4) is 10.6 Å². The summed E-state index contributed by atoms with van der Waals surface area (Å²) in [6.45, 7) is 3.62. The molecule has 5 heteroatoms. The lowest BCUT2D eigenvalue weighted by molar-refractivity contribution is 0.102. The van der Waals surface area contributed by atoms with Gasteiger partial charge in [0.2, 0.25) is 0 Å². The van der Waals surface area contributed by atoms with E-state index in [1.165, 1.54) is 11.3 Å². The van der Waals surface area contributed by atoms with Gasteiger partial charge in [-0.3, -0.25) is 4.79 Å². The zero-order valence-electron chi connectivity index (χ0n) is 13.3. The standard InChI is InChI=1S/C18H17N3OS/c1-12-9-10-19-18(11-12)21(3)17-6-4-5-14(20-17)16-8-7-15(23-16)13(2)22/h4-11H,1-3H3. The maximum absolute atomic E-state index is 11.5. The summed E-state index contributed by atoms with van der Waals surface area (Å²) in [6.07, 6.45) is 1.80. The smallest absolute Gasteiger partial charge is 0.169 e. The summed E-state index contributed by atoms with van der Waals surface area (Å²) >= 11 is 1.47. The van der Waals surface area contributed by atoms with Crippen LogP contribution in [0.5, 0.6) is 0 Å². The van der Waals surface area contributed by atoms with E-state index in [0.717, 1.165) is 32.6 Å². The molecule has 3 aromatic heterocycles. The lowest BCUT2D eigenvalue weighted by atomic mass is 10.2. The van der Waals surface area contributed by atoms with E-state index in [-0.39, 0.29) is 5.78 Å². The van der Waals surface area contributed by atoms with E-state index in [0.29, 0.717) is 0 Å². The number of carbonyl (C=O) groups is 1. The van der Waals surface area contributed by atoms with Crippen LogP contribution >= 0.6 is 11.3 Å². The molecule has 116 valence electrons. The lowest BCUT2D eigenvalue weighted by Crippen LogP contribution is -2.12. The second-order valence-corrected chi connectivity index (χ2v) is 6.44. The number of pyridine rings is 2. The van der Waals surface area contributed by atoms with Gasteiger partial charge in [-0.05, 0) is 55.8 Å². The predicted octanol–water partition coefficient (Wildman–Crippen LogP) is 4.48. The highest BCUT2D eigenvalue weighted by Crippen LogP contribution is 2.29. The first-order valence-corrected chi connectivity index (χ1v) is 8.11. The van der Waals surface area contributed by atoms with E-state index in [1.54, 1.807) is 13.1 Å². The number of thiophene rings is 1. The van der Waals surface area contributed by atoms with Gasteiger partial charge in [-0.2, -0.15) is 0 Å². The molecule has 0 radical (unpaired) electrons. The molecule has 23 heavy (non-hydrogen) atoms. The molecule has 0 saturated heterocycles. The summed E-state index contributed by atoms with van der Waals surface area (Å²) in [5, 5.41) is 0. The fourth-order valence-corrected chi connectivity index (χ4v) is 3.10. The van der Waals surface area contributed by atoms with Gasteiger partial charge < -0.3 is 4.90 Å². The van der Waals surface area contributed by atoms with Crippen LogP contribution in [0.15, 0.2) is 48.7 Å². The summed E-state index contributed by atoms with van der Waals surface area (Å²) in [5.41, 5.74) is 2.02. The number of nitrogens with zero attached hydrogens (tertiary/aromatic N) is 3. The van der Waals surface area contributed by atoms with Crippen LogP contribution in [-0.2, 0) is 0 Å². The van der Waals surface area contributed by atoms with Crippen LogP contribution in [0.4, 0.5) is 11.6 Å². The Morgan fingerprint density at radius 2 is 1.96 bits per heavy atom. The number of Topliss-reactive ketones (excluding diaryl/α,β-unsaturated/α-hetero) is 1. The quantitative estimate of drug-likeness (QED) is 0.664. The van der Waals surface area contributed by atoms with Gasteiger partial charge in [0.05, 0.1) is 15.4 Å². The number of hydrogen-bond acceptors (Lipinski definition) is 5. The Bertz CT molecular complexity index is 857. The molecule has 0 spiro atoms. The van der Waals surface area contributed by atoms with Crippen LogP contribution in [0.1, 0.15) is 22.2 Å². The number of anilines is 2. The minimum Gasteiger partial charge on any atom is -0.314 e. The monoisotopic (exact) mass is 323 g/mol. The van der Waals surface area contributed by atoms with Gasteiger partial charge in [0.25, 0.3) is 0 Å². The van der Waals surface area contributed by atoms with E-state index in [2.05, 4.69) is 4.98 Å². The molecule has 3 aromatic rings. The summed E-state index contributed by atoms with van der Waals surface area (Å²) in [7, 11) is 1.95. The van der Waals surface area contributed by atoms with Crippen molar-refractivity contribution in [3.63, 3.8) is 0 Å². The van der Waals surface area contributed by atoms with Gasteiger partial charge in [0, 0.05) is 13.2 Å². The highest BCUT2D eigenvalue weighted by molar-refractivity contribution is 7.17. The van der Waals surface area contributed by atoms with Gasteiger partial charge >= 0.3 is 0 Å². The number of aryl methyl sites for hydroxylation is 1. The van der Waals surface area contributed by atoms with Crippen LogP contribution in [0, 0.1) is 6.92 Å². The first-order valence-electron chi connectivity index (χ1n) is 7.29. The lowest BCUT2D eigenvalue weighted by Gasteiger charge is -2.18. The molecule has 0 fully saturated rings. The Morgan fingerprint density at radius 1 is 1.13 bits per heavy atom. The fraction of sp³-hybridized carbons (Fsp3) is 0.167. The third-order valence-corrected chi connectivity index (χ3v) is 4.74. The molecular formula is C18H17N3OS. The largest absolute Gasteiger partial charge is 0.314 e. The van der Waals surface area contributed by atoms with Crippen LogP contribution in [0.2, 0.25) is 0 Å². The molecule has 0 atom stereocenters. The van der Waals surface area contributed by atoms with Crippen molar-refractivity contribution in [1.29, 1.82) is 0 Å².